The number of rotatable bonds is 16. The number of halogens is 3. The third kappa shape index (κ3) is 36.3. The van der Waals surface area contributed by atoms with Crippen molar-refractivity contribution in [3.05, 3.63) is 72.1 Å². The maximum atomic E-state index is 13.5. The van der Waals surface area contributed by atoms with Crippen LogP contribution >= 0.6 is 11.8 Å². The molecule has 0 heterocycles. The van der Waals surface area contributed by atoms with Crippen LogP contribution in [0.1, 0.15) is 93.6 Å². The molecule has 1 aromatic carbocycles. The maximum Gasteiger partial charge on any atom is 1.00 e. The van der Waals surface area contributed by atoms with E-state index in [0.29, 0.717) is 31.4 Å². The fourth-order valence-corrected chi connectivity index (χ4v) is 3.73. The molecule has 3 unspecified atom stereocenters. The summed E-state index contributed by atoms with van der Waals surface area (Å²) in [5, 5.41) is 15.9. The minimum absolute atomic E-state index is 0. The molecule has 4 N–H and O–H groups in total. The van der Waals surface area contributed by atoms with Gasteiger partial charge in [-0.15, -0.1) is 18.3 Å². The summed E-state index contributed by atoms with van der Waals surface area (Å²) < 4.78 is 39.4. The number of carbonyl (C=O) groups is 2. The normalized spacial score (nSPS) is 11.2. The molecule has 0 saturated heterocycles. The van der Waals surface area contributed by atoms with Crippen LogP contribution in [0.4, 0.5) is 13.2 Å². The summed E-state index contributed by atoms with van der Waals surface area (Å²) in [5.74, 6) is -2.54. The van der Waals surface area contributed by atoms with Crippen LogP contribution in [0.25, 0.3) is 0 Å². The number of unbranched alkanes of at least 4 members (excludes halogenated alkanes) is 1. The Kier molecular flexibility index (Phi) is 54.3. The molecular formula is C36H66F3KN4O3S. The first-order valence-electron chi connectivity index (χ1n) is 16.4. The molecule has 0 aromatic heterocycles. The van der Waals surface area contributed by atoms with E-state index in [1.807, 2.05) is 79.9 Å². The van der Waals surface area contributed by atoms with Crippen LogP contribution in [-0.4, -0.2) is 61.8 Å². The van der Waals surface area contributed by atoms with Gasteiger partial charge in [0.2, 0.25) is 12.3 Å². The van der Waals surface area contributed by atoms with Crippen molar-refractivity contribution in [1.82, 2.24) is 15.5 Å². The summed E-state index contributed by atoms with van der Waals surface area (Å²) >= 11 is 1.51. The summed E-state index contributed by atoms with van der Waals surface area (Å²) in [4.78, 5) is 23.3. The van der Waals surface area contributed by atoms with Crippen LogP contribution in [0.3, 0.4) is 0 Å². The molecule has 0 radical (unpaired) electrons. The van der Waals surface area contributed by atoms with E-state index >= 15 is 0 Å². The molecule has 48 heavy (non-hydrogen) atoms. The summed E-state index contributed by atoms with van der Waals surface area (Å²) in [6.07, 6.45) is 11.0. The van der Waals surface area contributed by atoms with Crippen molar-refractivity contribution in [2.45, 2.75) is 107 Å². The molecule has 1 aromatic rings. The van der Waals surface area contributed by atoms with Crippen molar-refractivity contribution >= 4 is 24.1 Å². The first kappa shape index (κ1) is 59.2. The van der Waals surface area contributed by atoms with Crippen molar-refractivity contribution in [1.29, 1.82) is 0 Å². The molecule has 276 valence electrons. The van der Waals surface area contributed by atoms with Crippen molar-refractivity contribution in [2.24, 2.45) is 11.7 Å². The van der Waals surface area contributed by atoms with Crippen LogP contribution in [0, 0.1) is 23.4 Å². The van der Waals surface area contributed by atoms with Gasteiger partial charge in [-0.25, -0.2) is 13.2 Å². The maximum absolute atomic E-state index is 13.5. The Bertz CT molecular complexity index is 936. The van der Waals surface area contributed by atoms with Crippen LogP contribution < -0.4 is 72.9 Å². The van der Waals surface area contributed by atoms with E-state index in [1.165, 1.54) is 18.2 Å². The topological polar surface area (TPSA) is 111 Å². The van der Waals surface area contributed by atoms with Gasteiger partial charge in [-0.2, -0.15) is 0 Å². The van der Waals surface area contributed by atoms with Gasteiger partial charge in [-0.3, -0.25) is 9.59 Å². The average molecular weight is 731 g/mol. The quantitative estimate of drug-likeness (QED) is 0.0583. The third-order valence-corrected chi connectivity index (χ3v) is 6.35. The fraction of sp³-hybridized carbons (Fsp3) is 0.611. The molecule has 0 bridgehead atoms. The van der Waals surface area contributed by atoms with E-state index in [9.17, 15) is 27.9 Å². The van der Waals surface area contributed by atoms with Gasteiger partial charge in [0, 0.05) is 31.6 Å². The second kappa shape index (κ2) is 44.1. The standard InChI is InChI=1S/C14H19F3N2OS.C7H11NO.C6H14NO.C5H10.2C2H6.K/c1-3-19(8-21-2)14(20)6-10(18)4-9-5-12(16)13(17)7-11(9)15;1-3-4-7(2)5-8-6-9;1-4-5(2)6(8)7-3;1-3-5-4-2;2*1-2;/h5,7,10H,3-4,6,8,18H2,1-2H3;3-4,6H,2,5H2,1H3,(H,8,9);5-7H,4H2,1-3H3;3H,1,4-5H2,2H3;2*1-2H3;/q;;-1;;;;+1/b;4-3-;;;;;. The Morgan fingerprint density at radius 1 is 1.10 bits per heavy atom. The molecule has 12 heteroatoms. The second-order valence-corrected chi connectivity index (χ2v) is 10.4. The number of amides is 2. The molecule has 2 amide bonds. The van der Waals surface area contributed by atoms with Gasteiger partial charge < -0.3 is 26.4 Å². The molecule has 0 fully saturated rings. The van der Waals surface area contributed by atoms with Crippen molar-refractivity contribution in [3.8, 4) is 0 Å². The van der Waals surface area contributed by atoms with Crippen LogP contribution in [0.5, 0.6) is 0 Å². The SMILES string of the molecule is C=C(/C=C\C)CNC=O.C=CCCC.CC.CC.CCC(C)C([O-])NC.CCN(CSC)C(=O)CC(N)Cc1cc(F)c(F)cc1F.[K+]. The second-order valence-electron chi connectivity index (χ2n) is 9.52. The first-order chi connectivity index (χ1) is 22.3. The summed E-state index contributed by atoms with van der Waals surface area (Å²) in [6.45, 7) is 26.2. The number of thioether (sulfide) groups is 1. The van der Waals surface area contributed by atoms with Gasteiger partial charge in [-0.1, -0.05) is 92.3 Å². The number of nitrogens with one attached hydrogen (secondary N) is 2. The van der Waals surface area contributed by atoms with Gasteiger partial charge in [0.15, 0.2) is 11.6 Å². The van der Waals surface area contributed by atoms with E-state index in [2.05, 4.69) is 30.7 Å². The Morgan fingerprint density at radius 2 is 1.65 bits per heavy atom. The minimum atomic E-state index is -1.24. The first-order valence-corrected chi connectivity index (χ1v) is 17.8. The van der Waals surface area contributed by atoms with Crippen molar-refractivity contribution < 1.29 is 79.3 Å². The van der Waals surface area contributed by atoms with Crippen LogP contribution in [0.15, 0.2) is 49.1 Å². The van der Waals surface area contributed by atoms with Gasteiger partial charge in [-0.05, 0) is 63.1 Å². The smallest absolute Gasteiger partial charge is 0.841 e. The monoisotopic (exact) mass is 730 g/mol. The zero-order valence-corrected chi connectivity index (χ0v) is 36.0. The molecule has 1 rings (SSSR count). The molecule has 0 spiro atoms. The Balaban J connectivity index is -0.000000136. The van der Waals surface area contributed by atoms with Gasteiger partial charge in [0.05, 0.1) is 5.88 Å². The number of allylic oxidation sites excluding steroid dienone is 2. The number of hydrogen-bond acceptors (Lipinski definition) is 6. The Morgan fingerprint density at radius 3 is 2.00 bits per heavy atom. The zero-order chi connectivity index (χ0) is 37.8. The Hall–Kier alpha value is -0.964. The molecule has 0 aliphatic heterocycles. The molecule has 3 atom stereocenters. The predicted octanol–water partition coefficient (Wildman–Crippen LogP) is 4.36. The third-order valence-electron chi connectivity index (χ3n) is 5.78. The van der Waals surface area contributed by atoms with Gasteiger partial charge in [0.1, 0.15) is 5.82 Å². The number of benzene rings is 1. The number of hydrogen-bond donors (Lipinski definition) is 3. The van der Waals surface area contributed by atoms with E-state index in [0.717, 1.165) is 24.5 Å². The average Bonchev–Trinajstić information content (AvgIpc) is 3.07. The zero-order valence-electron chi connectivity index (χ0n) is 32.1. The van der Waals surface area contributed by atoms with E-state index < -0.39 is 29.7 Å². The Labute approximate surface area is 338 Å². The number of carbonyl (C=O) groups excluding carboxylic acids is 2. The molecule has 7 nitrogen and oxygen atoms in total. The van der Waals surface area contributed by atoms with Gasteiger partial charge >= 0.3 is 51.4 Å². The van der Waals surface area contributed by atoms with Crippen LogP contribution in [-0.2, 0) is 16.0 Å². The minimum Gasteiger partial charge on any atom is -0.841 e. The van der Waals surface area contributed by atoms with E-state index in [-0.39, 0.29) is 81.6 Å². The summed E-state index contributed by atoms with van der Waals surface area (Å²) in [6, 6.07) is 0.632. The molecular weight excluding hydrogens is 665 g/mol. The number of nitrogens with two attached hydrogens (primary N) is 1. The summed E-state index contributed by atoms with van der Waals surface area (Å²) in [7, 11) is 1.70. The van der Waals surface area contributed by atoms with Gasteiger partial charge in [0.25, 0.3) is 0 Å². The summed E-state index contributed by atoms with van der Waals surface area (Å²) in [5.41, 5.74) is 6.70. The van der Waals surface area contributed by atoms with Crippen molar-refractivity contribution in [2.75, 3.05) is 32.3 Å². The molecule has 0 saturated carbocycles. The molecule has 0 aliphatic carbocycles. The van der Waals surface area contributed by atoms with E-state index in [4.69, 9.17) is 5.73 Å². The van der Waals surface area contributed by atoms with E-state index in [1.54, 1.807) is 11.9 Å². The van der Waals surface area contributed by atoms with Crippen LogP contribution in [0.2, 0.25) is 0 Å². The largest absolute Gasteiger partial charge is 1.00 e. The molecule has 0 aliphatic rings. The number of nitrogens with zero attached hydrogens (tertiary/aromatic N) is 1. The predicted molar refractivity (Wildman–Crippen MR) is 197 cm³/mol. The van der Waals surface area contributed by atoms with Crippen molar-refractivity contribution in [3.63, 3.8) is 0 Å². The fourth-order valence-electron chi connectivity index (χ4n) is 3.09.